The number of carbonyl (C=O) groups is 2. The van der Waals surface area contributed by atoms with E-state index in [2.05, 4.69) is 36.6 Å². The lowest BCUT2D eigenvalue weighted by Gasteiger charge is -2.21. The van der Waals surface area contributed by atoms with E-state index in [4.69, 9.17) is 18.9 Å². The highest BCUT2D eigenvalue weighted by atomic mass is 16.6. The first-order chi connectivity index (χ1) is 19.2. The molecule has 218 valence electrons. The van der Waals surface area contributed by atoms with Crippen LogP contribution in [0.1, 0.15) is 64.5 Å². The van der Waals surface area contributed by atoms with Gasteiger partial charge in [-0.1, -0.05) is 62.1 Å². The van der Waals surface area contributed by atoms with E-state index in [9.17, 15) is 9.59 Å². The second-order valence-electron chi connectivity index (χ2n) is 10.4. The number of hydrogen-bond donors (Lipinski definition) is 2. The molecule has 40 heavy (non-hydrogen) atoms. The van der Waals surface area contributed by atoms with Gasteiger partial charge in [0.15, 0.2) is 0 Å². The maximum absolute atomic E-state index is 12.1. The van der Waals surface area contributed by atoms with Gasteiger partial charge in [-0.05, 0) is 52.7 Å². The summed E-state index contributed by atoms with van der Waals surface area (Å²) in [4.78, 5) is 24.2. The molecule has 3 aromatic rings. The van der Waals surface area contributed by atoms with E-state index in [0.717, 1.165) is 58.4 Å². The molecule has 0 bridgehead atoms. The topological polar surface area (TPSA) is 95.1 Å². The molecule has 2 amide bonds. The van der Waals surface area contributed by atoms with Crippen LogP contribution in [0.4, 0.5) is 9.59 Å². The second-order valence-corrected chi connectivity index (χ2v) is 10.4. The standard InChI is InChI=1S/C32H44N2O6/c1-7-9-15-33-31(35)39-23(5)19-37-29-25-13-11-22(4)18-28(25)30(26-14-12-21(3)17-27(26)29)38-20-24(6)40-32(36)34-16-10-8-2/h11-14,17-18,23-24H,7-10,15-16,19-20H2,1-6H3,(H,33,35)(H,34,36). The normalized spacial score (nSPS) is 12.6. The Kier molecular flexibility index (Phi) is 11.7. The maximum atomic E-state index is 12.1. The van der Waals surface area contributed by atoms with Gasteiger partial charge in [-0.2, -0.15) is 0 Å². The Hall–Kier alpha value is -3.68. The molecule has 0 aliphatic carbocycles. The molecule has 3 aromatic carbocycles. The van der Waals surface area contributed by atoms with Crippen LogP contribution in [0.2, 0.25) is 0 Å². The number of nitrogens with one attached hydrogen (secondary N) is 2. The van der Waals surface area contributed by atoms with Gasteiger partial charge in [-0.3, -0.25) is 0 Å². The number of unbranched alkanes of at least 4 members (excludes halogenated alkanes) is 2. The summed E-state index contributed by atoms with van der Waals surface area (Å²) < 4.78 is 23.7. The fraction of sp³-hybridized carbons (Fsp3) is 0.500. The Balaban J connectivity index is 1.86. The molecule has 0 spiro atoms. The van der Waals surface area contributed by atoms with E-state index < -0.39 is 24.4 Å². The highest BCUT2D eigenvalue weighted by molar-refractivity contribution is 6.11. The Labute approximate surface area is 237 Å². The molecule has 0 fully saturated rings. The van der Waals surface area contributed by atoms with E-state index in [1.165, 1.54) is 0 Å². The summed E-state index contributed by atoms with van der Waals surface area (Å²) >= 11 is 0. The maximum Gasteiger partial charge on any atom is 0.407 e. The number of amides is 2. The minimum Gasteiger partial charge on any atom is -0.488 e. The number of aryl methyl sites for hydroxylation is 2. The van der Waals surface area contributed by atoms with Crippen LogP contribution >= 0.6 is 0 Å². The zero-order valence-corrected chi connectivity index (χ0v) is 24.7. The highest BCUT2D eigenvalue weighted by Gasteiger charge is 2.20. The zero-order chi connectivity index (χ0) is 29.1. The third-order valence-corrected chi connectivity index (χ3v) is 6.47. The summed E-state index contributed by atoms with van der Waals surface area (Å²) in [5, 5.41) is 9.13. The van der Waals surface area contributed by atoms with Crippen molar-refractivity contribution in [1.29, 1.82) is 0 Å². The van der Waals surface area contributed by atoms with Crippen molar-refractivity contribution in [2.24, 2.45) is 0 Å². The molecule has 2 N–H and O–H groups in total. The number of hydrogen-bond acceptors (Lipinski definition) is 6. The van der Waals surface area contributed by atoms with Gasteiger partial charge in [0.25, 0.3) is 0 Å². The number of ether oxygens (including phenoxy) is 4. The van der Waals surface area contributed by atoms with Crippen molar-refractivity contribution in [3.05, 3.63) is 47.5 Å². The second kappa shape index (κ2) is 15.2. The SMILES string of the molecule is CCCCNC(=O)OC(C)COc1c2ccc(C)cc2c(OCC(C)OC(=O)NCCCC)c2ccc(C)cc12. The molecule has 0 saturated heterocycles. The van der Waals surface area contributed by atoms with Crippen molar-refractivity contribution in [2.45, 2.75) is 79.4 Å². The minimum atomic E-state index is -0.445. The lowest BCUT2D eigenvalue weighted by atomic mass is 9.97. The Morgan fingerprint density at radius 2 is 1.07 bits per heavy atom. The number of fused-ring (bicyclic) bond motifs is 2. The molecule has 0 aromatic heterocycles. The van der Waals surface area contributed by atoms with Crippen LogP contribution in [0.3, 0.4) is 0 Å². The van der Waals surface area contributed by atoms with Gasteiger partial charge >= 0.3 is 12.2 Å². The minimum absolute atomic E-state index is 0.200. The van der Waals surface area contributed by atoms with E-state index >= 15 is 0 Å². The molecule has 0 saturated carbocycles. The molecule has 0 radical (unpaired) electrons. The molecule has 0 aliphatic rings. The Bertz CT molecular complexity index is 1190. The summed E-state index contributed by atoms with van der Waals surface area (Å²) in [6, 6.07) is 12.3. The molecule has 8 nitrogen and oxygen atoms in total. The van der Waals surface area contributed by atoms with Gasteiger partial charge in [0.1, 0.15) is 36.9 Å². The van der Waals surface area contributed by atoms with E-state index in [1.54, 1.807) is 0 Å². The molecule has 2 unspecified atom stereocenters. The predicted molar refractivity (Wildman–Crippen MR) is 160 cm³/mol. The smallest absolute Gasteiger partial charge is 0.407 e. The third-order valence-electron chi connectivity index (χ3n) is 6.47. The lowest BCUT2D eigenvalue weighted by molar-refractivity contribution is 0.0751. The average Bonchev–Trinajstić information content (AvgIpc) is 2.90. The first kappa shape index (κ1) is 30.9. The molecule has 0 heterocycles. The van der Waals surface area contributed by atoms with Gasteiger partial charge in [0.05, 0.1) is 0 Å². The number of carbonyl (C=O) groups excluding carboxylic acids is 2. The molecular weight excluding hydrogens is 508 g/mol. The van der Waals surface area contributed by atoms with Crippen molar-refractivity contribution < 1.29 is 28.5 Å². The quantitative estimate of drug-likeness (QED) is 0.162. The van der Waals surface area contributed by atoms with Crippen molar-refractivity contribution in [2.75, 3.05) is 26.3 Å². The number of benzene rings is 3. The predicted octanol–water partition coefficient (Wildman–Crippen LogP) is 7.20. The highest BCUT2D eigenvalue weighted by Crippen LogP contribution is 2.43. The van der Waals surface area contributed by atoms with Crippen LogP contribution < -0.4 is 20.1 Å². The van der Waals surface area contributed by atoms with Gasteiger partial charge < -0.3 is 29.6 Å². The molecular formula is C32H44N2O6. The summed E-state index contributed by atoms with van der Waals surface area (Å²) in [6.45, 7) is 13.4. The number of alkyl carbamates (subject to hydrolysis) is 2. The zero-order valence-electron chi connectivity index (χ0n) is 24.7. The van der Waals surface area contributed by atoms with Crippen molar-refractivity contribution >= 4 is 33.7 Å². The van der Waals surface area contributed by atoms with E-state index in [1.807, 2.05) is 52.0 Å². The number of rotatable bonds is 14. The largest absolute Gasteiger partial charge is 0.488 e. The van der Waals surface area contributed by atoms with E-state index in [-0.39, 0.29) is 13.2 Å². The van der Waals surface area contributed by atoms with Gasteiger partial charge in [-0.15, -0.1) is 0 Å². The molecule has 0 aliphatic heterocycles. The van der Waals surface area contributed by atoms with Crippen molar-refractivity contribution in [3.63, 3.8) is 0 Å². The first-order valence-electron chi connectivity index (χ1n) is 14.3. The lowest BCUT2D eigenvalue weighted by Crippen LogP contribution is -2.31. The summed E-state index contributed by atoms with van der Waals surface area (Å²) in [5.74, 6) is 1.42. The fourth-order valence-electron chi connectivity index (χ4n) is 4.34. The fourth-order valence-corrected chi connectivity index (χ4v) is 4.34. The Morgan fingerprint density at radius 1 is 0.675 bits per heavy atom. The summed E-state index contributed by atoms with van der Waals surface area (Å²) in [6.07, 6.45) is 2.04. The molecule has 3 rings (SSSR count). The van der Waals surface area contributed by atoms with Crippen LogP contribution in [-0.4, -0.2) is 50.7 Å². The molecule has 2 atom stereocenters. The van der Waals surface area contributed by atoms with Crippen molar-refractivity contribution in [3.8, 4) is 11.5 Å². The monoisotopic (exact) mass is 552 g/mol. The van der Waals surface area contributed by atoms with E-state index in [0.29, 0.717) is 24.6 Å². The van der Waals surface area contributed by atoms with Gasteiger partial charge in [0.2, 0.25) is 0 Å². The van der Waals surface area contributed by atoms with Crippen LogP contribution in [0.5, 0.6) is 11.5 Å². The average molecular weight is 553 g/mol. The first-order valence-corrected chi connectivity index (χ1v) is 14.3. The van der Waals surface area contributed by atoms with Crippen LogP contribution in [0.25, 0.3) is 21.5 Å². The van der Waals surface area contributed by atoms with Gasteiger partial charge in [0, 0.05) is 34.6 Å². The van der Waals surface area contributed by atoms with Crippen LogP contribution in [0.15, 0.2) is 36.4 Å². The van der Waals surface area contributed by atoms with Crippen LogP contribution in [0, 0.1) is 13.8 Å². The summed E-state index contributed by atoms with van der Waals surface area (Å²) in [5.41, 5.74) is 2.16. The Morgan fingerprint density at radius 3 is 1.45 bits per heavy atom. The molecule has 8 heteroatoms. The van der Waals surface area contributed by atoms with Crippen molar-refractivity contribution in [1.82, 2.24) is 10.6 Å². The van der Waals surface area contributed by atoms with Crippen LogP contribution in [-0.2, 0) is 9.47 Å². The summed E-state index contributed by atoms with van der Waals surface area (Å²) in [7, 11) is 0. The van der Waals surface area contributed by atoms with Gasteiger partial charge in [-0.25, -0.2) is 9.59 Å². The third kappa shape index (κ3) is 8.66.